The molecule has 0 spiro atoms. The van der Waals surface area contributed by atoms with Gasteiger partial charge in [-0.3, -0.25) is 14.9 Å². The topological polar surface area (TPSA) is 70.7 Å². The minimum absolute atomic E-state index is 0.0142. The van der Waals surface area contributed by atoms with E-state index in [1.165, 1.54) is 11.3 Å². The van der Waals surface area contributed by atoms with E-state index in [-0.39, 0.29) is 5.91 Å². The van der Waals surface area contributed by atoms with Gasteiger partial charge in [0.05, 0.1) is 21.6 Å². The highest BCUT2D eigenvalue weighted by Gasteiger charge is 2.14. The Kier molecular flexibility index (Phi) is 4.83. The lowest BCUT2D eigenvalue weighted by Crippen LogP contribution is -2.23. The van der Waals surface area contributed by atoms with Crippen molar-refractivity contribution in [1.29, 1.82) is 0 Å². The molecule has 23 heavy (non-hydrogen) atoms. The fourth-order valence-electron chi connectivity index (χ4n) is 2.28. The van der Waals surface area contributed by atoms with Gasteiger partial charge in [-0.2, -0.15) is 5.10 Å². The highest BCUT2D eigenvalue weighted by molar-refractivity contribution is 7.17. The summed E-state index contributed by atoms with van der Waals surface area (Å²) in [6, 6.07) is 7.71. The summed E-state index contributed by atoms with van der Waals surface area (Å²) in [6.07, 6.45) is 7.38. The van der Waals surface area contributed by atoms with Crippen LogP contribution in [0, 0.1) is 0 Å². The standard InChI is InChI=1S/C17H18N4OS/c1-2-3-8-19-17(22)15-5-4-14(23-15)16-13(11-20-21-16)12-6-9-18-10-7-12/h4-7,9-11H,2-3,8H2,1H3,(H,19,22)(H,20,21). The molecule has 0 fully saturated rings. The fraction of sp³-hybridized carbons (Fsp3) is 0.235. The number of hydrogen-bond acceptors (Lipinski definition) is 4. The maximum atomic E-state index is 12.1. The first-order chi connectivity index (χ1) is 11.3. The van der Waals surface area contributed by atoms with Crippen molar-refractivity contribution in [2.45, 2.75) is 19.8 Å². The Morgan fingerprint density at radius 2 is 2.09 bits per heavy atom. The van der Waals surface area contributed by atoms with Crippen molar-refractivity contribution in [1.82, 2.24) is 20.5 Å². The van der Waals surface area contributed by atoms with Gasteiger partial charge in [-0.15, -0.1) is 11.3 Å². The van der Waals surface area contributed by atoms with Crippen LogP contribution in [0.1, 0.15) is 29.4 Å². The predicted octanol–water partition coefficient (Wildman–Crippen LogP) is 3.73. The lowest BCUT2D eigenvalue weighted by Gasteiger charge is -2.02. The van der Waals surface area contributed by atoms with Crippen molar-refractivity contribution in [3.63, 3.8) is 0 Å². The lowest BCUT2D eigenvalue weighted by molar-refractivity contribution is 0.0957. The van der Waals surface area contributed by atoms with Gasteiger partial charge in [0.15, 0.2) is 0 Å². The zero-order valence-electron chi connectivity index (χ0n) is 12.9. The number of pyridine rings is 1. The van der Waals surface area contributed by atoms with Gasteiger partial charge >= 0.3 is 0 Å². The third-order valence-electron chi connectivity index (χ3n) is 3.52. The molecule has 0 aliphatic heterocycles. The maximum Gasteiger partial charge on any atom is 0.261 e. The van der Waals surface area contributed by atoms with Crippen LogP contribution >= 0.6 is 11.3 Å². The number of nitrogens with zero attached hydrogens (tertiary/aromatic N) is 2. The number of carbonyl (C=O) groups excluding carboxylic acids is 1. The van der Waals surface area contributed by atoms with Crippen LogP contribution < -0.4 is 5.32 Å². The number of carbonyl (C=O) groups is 1. The van der Waals surface area contributed by atoms with E-state index in [0.717, 1.165) is 41.1 Å². The average Bonchev–Trinajstić information content (AvgIpc) is 3.25. The van der Waals surface area contributed by atoms with E-state index in [9.17, 15) is 4.79 Å². The zero-order valence-corrected chi connectivity index (χ0v) is 13.7. The SMILES string of the molecule is CCCCNC(=O)c1ccc(-c2[nH]ncc2-c2ccncc2)s1. The van der Waals surface area contributed by atoms with Crippen LogP contribution in [0.5, 0.6) is 0 Å². The largest absolute Gasteiger partial charge is 0.351 e. The van der Waals surface area contributed by atoms with Gasteiger partial charge < -0.3 is 5.32 Å². The van der Waals surface area contributed by atoms with E-state index in [0.29, 0.717) is 4.88 Å². The summed E-state index contributed by atoms with van der Waals surface area (Å²) in [7, 11) is 0. The summed E-state index contributed by atoms with van der Waals surface area (Å²) in [6.45, 7) is 2.82. The van der Waals surface area contributed by atoms with Crippen molar-refractivity contribution in [2.24, 2.45) is 0 Å². The lowest BCUT2D eigenvalue weighted by atomic mass is 10.1. The van der Waals surface area contributed by atoms with Crippen LogP contribution in [0.3, 0.4) is 0 Å². The van der Waals surface area contributed by atoms with Gasteiger partial charge in [0.2, 0.25) is 0 Å². The summed E-state index contributed by atoms with van der Waals surface area (Å²) in [4.78, 5) is 17.9. The molecule has 0 unspecified atom stereocenters. The smallest absolute Gasteiger partial charge is 0.261 e. The Morgan fingerprint density at radius 1 is 1.26 bits per heavy atom. The van der Waals surface area contributed by atoms with E-state index in [1.807, 2.05) is 24.3 Å². The molecule has 0 saturated carbocycles. The second-order valence-electron chi connectivity index (χ2n) is 5.17. The molecule has 3 rings (SSSR count). The Bertz CT molecular complexity index is 779. The van der Waals surface area contributed by atoms with Gasteiger partial charge in [0.1, 0.15) is 0 Å². The molecule has 3 heterocycles. The van der Waals surface area contributed by atoms with Gasteiger partial charge in [0, 0.05) is 24.5 Å². The van der Waals surface area contributed by atoms with E-state index in [2.05, 4.69) is 27.4 Å². The number of unbranched alkanes of at least 4 members (excludes halogenated alkanes) is 1. The molecule has 118 valence electrons. The third-order valence-corrected chi connectivity index (χ3v) is 4.62. The van der Waals surface area contributed by atoms with Crippen molar-refractivity contribution < 1.29 is 4.79 Å². The number of rotatable bonds is 6. The van der Waals surface area contributed by atoms with Crippen LogP contribution in [0.4, 0.5) is 0 Å². The fourth-order valence-corrected chi connectivity index (χ4v) is 3.22. The maximum absolute atomic E-state index is 12.1. The molecule has 0 radical (unpaired) electrons. The number of amides is 1. The van der Waals surface area contributed by atoms with Crippen LogP contribution in [-0.4, -0.2) is 27.6 Å². The minimum atomic E-state index is -0.0142. The molecule has 6 heteroatoms. The number of thiophene rings is 1. The average molecular weight is 326 g/mol. The second-order valence-corrected chi connectivity index (χ2v) is 6.25. The molecular formula is C17H18N4OS. The molecule has 0 saturated heterocycles. The molecule has 5 nitrogen and oxygen atoms in total. The number of aromatic nitrogens is 3. The summed E-state index contributed by atoms with van der Waals surface area (Å²) in [5.41, 5.74) is 2.98. The molecule has 0 atom stereocenters. The summed E-state index contributed by atoms with van der Waals surface area (Å²) in [5, 5.41) is 10.1. The highest BCUT2D eigenvalue weighted by atomic mass is 32.1. The Morgan fingerprint density at radius 3 is 2.87 bits per heavy atom. The molecule has 0 aliphatic carbocycles. The first-order valence-electron chi connectivity index (χ1n) is 7.61. The molecule has 3 aromatic rings. The molecule has 2 N–H and O–H groups in total. The predicted molar refractivity (Wildman–Crippen MR) is 92.4 cm³/mol. The molecule has 0 aromatic carbocycles. The van der Waals surface area contributed by atoms with Gasteiger partial charge in [-0.25, -0.2) is 0 Å². The number of aromatic amines is 1. The minimum Gasteiger partial charge on any atom is -0.351 e. The van der Waals surface area contributed by atoms with Crippen LogP contribution in [0.15, 0.2) is 42.9 Å². The van der Waals surface area contributed by atoms with Crippen molar-refractivity contribution >= 4 is 17.2 Å². The van der Waals surface area contributed by atoms with Gasteiger partial charge in [-0.05, 0) is 36.2 Å². The molecule has 1 amide bonds. The monoisotopic (exact) mass is 326 g/mol. The first kappa shape index (κ1) is 15.4. The zero-order chi connectivity index (χ0) is 16.1. The summed E-state index contributed by atoms with van der Waals surface area (Å²) < 4.78 is 0. The molecule has 3 aromatic heterocycles. The first-order valence-corrected chi connectivity index (χ1v) is 8.43. The second kappa shape index (κ2) is 7.19. The van der Waals surface area contributed by atoms with E-state index >= 15 is 0 Å². The molecule has 0 bridgehead atoms. The van der Waals surface area contributed by atoms with Crippen LogP contribution in [0.25, 0.3) is 21.7 Å². The van der Waals surface area contributed by atoms with Gasteiger partial charge in [0.25, 0.3) is 5.91 Å². The third kappa shape index (κ3) is 3.48. The Balaban J connectivity index is 1.82. The van der Waals surface area contributed by atoms with Crippen LogP contribution in [0.2, 0.25) is 0 Å². The van der Waals surface area contributed by atoms with Crippen molar-refractivity contribution in [3.05, 3.63) is 47.7 Å². The number of nitrogens with one attached hydrogen (secondary N) is 2. The van der Waals surface area contributed by atoms with E-state index in [1.54, 1.807) is 18.6 Å². The Hall–Kier alpha value is -2.47. The van der Waals surface area contributed by atoms with Crippen molar-refractivity contribution in [3.8, 4) is 21.7 Å². The number of H-pyrrole nitrogens is 1. The van der Waals surface area contributed by atoms with Crippen molar-refractivity contribution in [2.75, 3.05) is 6.54 Å². The van der Waals surface area contributed by atoms with E-state index < -0.39 is 0 Å². The number of hydrogen-bond donors (Lipinski definition) is 2. The van der Waals surface area contributed by atoms with Crippen LogP contribution in [-0.2, 0) is 0 Å². The Labute approximate surface area is 138 Å². The summed E-state index contributed by atoms with van der Waals surface area (Å²) >= 11 is 1.47. The molecule has 0 aliphatic rings. The van der Waals surface area contributed by atoms with E-state index in [4.69, 9.17) is 0 Å². The quantitative estimate of drug-likeness (QED) is 0.678. The normalized spacial score (nSPS) is 10.7. The summed E-state index contributed by atoms with van der Waals surface area (Å²) in [5.74, 6) is -0.0142. The van der Waals surface area contributed by atoms with Gasteiger partial charge in [-0.1, -0.05) is 13.3 Å². The highest BCUT2D eigenvalue weighted by Crippen LogP contribution is 2.34. The molecular weight excluding hydrogens is 308 g/mol.